The smallest absolute Gasteiger partial charge is 0.419 e. The van der Waals surface area contributed by atoms with Gasteiger partial charge in [-0.2, -0.15) is 0 Å². The zero-order valence-electron chi connectivity index (χ0n) is 40.4. The average molecular weight is 974 g/mol. The molecule has 0 unspecified atom stereocenters. The number of aromatic nitrogens is 1. The Morgan fingerprint density at radius 1 is 0.870 bits per heavy atom. The fourth-order valence-electron chi connectivity index (χ4n) is 7.82. The monoisotopic (exact) mass is 973 g/mol. The minimum Gasteiger partial charge on any atom is -0.487 e. The number of nitrogens with two attached hydrogens (primary N) is 2. The first-order valence-electron chi connectivity index (χ1n) is 22.4. The lowest BCUT2D eigenvalue weighted by molar-refractivity contribution is -0.132. The van der Waals surface area contributed by atoms with Crippen molar-refractivity contribution >= 4 is 62.7 Å². The maximum absolute atomic E-state index is 14.3. The summed E-state index contributed by atoms with van der Waals surface area (Å²) in [5, 5.41) is 10.7. The van der Waals surface area contributed by atoms with E-state index in [9.17, 15) is 37.2 Å². The maximum Gasteiger partial charge on any atom is 0.419 e. The molecule has 0 radical (unpaired) electrons. The summed E-state index contributed by atoms with van der Waals surface area (Å²) in [4.78, 5) is 83.5. The number of nitrogens with one attached hydrogen (secondary N) is 5. The first-order valence-corrected chi connectivity index (χ1v) is 23.9. The van der Waals surface area contributed by atoms with Crippen molar-refractivity contribution in [3.63, 3.8) is 0 Å². The quantitative estimate of drug-likeness (QED) is 0.0428. The topological polar surface area (TPSA) is 294 Å². The molecule has 4 aromatic rings. The van der Waals surface area contributed by atoms with Crippen LogP contribution in [0.2, 0.25) is 0 Å². The normalized spacial score (nSPS) is 14.6. The predicted molar refractivity (Wildman–Crippen MR) is 258 cm³/mol. The summed E-state index contributed by atoms with van der Waals surface area (Å²) in [6, 6.07) is 11.7. The molecule has 3 atom stereocenters. The van der Waals surface area contributed by atoms with E-state index in [-0.39, 0.29) is 37.3 Å². The van der Waals surface area contributed by atoms with Crippen LogP contribution in [0.1, 0.15) is 87.8 Å². The van der Waals surface area contributed by atoms with Gasteiger partial charge in [-0.3, -0.25) is 28.7 Å². The molecule has 2 heterocycles. The summed E-state index contributed by atoms with van der Waals surface area (Å²) >= 11 is 0. The van der Waals surface area contributed by atoms with E-state index in [0.717, 1.165) is 5.56 Å². The van der Waals surface area contributed by atoms with Crippen LogP contribution in [0.25, 0.3) is 10.9 Å². The number of fused-ring (bicyclic) bond motifs is 2. The molecule has 0 fully saturated rings. The maximum atomic E-state index is 14.3. The van der Waals surface area contributed by atoms with Crippen LogP contribution in [0, 0.1) is 20.8 Å². The van der Waals surface area contributed by atoms with E-state index in [2.05, 4.69) is 31.0 Å². The van der Waals surface area contributed by atoms with E-state index in [1.165, 1.54) is 17.7 Å². The molecule has 372 valence electrons. The number of primary amides is 1. The molecule has 1 aliphatic heterocycles. The Morgan fingerprint density at radius 2 is 1.52 bits per heavy atom. The summed E-state index contributed by atoms with van der Waals surface area (Å²) < 4.78 is 48.5. The van der Waals surface area contributed by atoms with Gasteiger partial charge in [0.25, 0.3) is 10.0 Å². The molecule has 5 rings (SSSR count). The van der Waals surface area contributed by atoms with Crippen LogP contribution in [-0.4, -0.2) is 97.2 Å². The van der Waals surface area contributed by atoms with Crippen molar-refractivity contribution < 1.29 is 51.4 Å². The van der Waals surface area contributed by atoms with Gasteiger partial charge >= 0.3 is 12.2 Å². The van der Waals surface area contributed by atoms with Gasteiger partial charge in [-0.1, -0.05) is 48.5 Å². The highest BCUT2D eigenvalue weighted by Gasteiger charge is 2.37. The first kappa shape index (κ1) is 52.8. The third-order valence-electron chi connectivity index (χ3n) is 11.2. The molecule has 69 heavy (non-hydrogen) atoms. The molecule has 0 bridgehead atoms. The number of benzene rings is 3. The number of guanidine groups is 1. The molecule has 0 spiro atoms. The van der Waals surface area contributed by atoms with Crippen LogP contribution < -0.4 is 42.2 Å². The van der Waals surface area contributed by atoms with Crippen molar-refractivity contribution in [1.82, 2.24) is 30.6 Å². The number of amides is 5. The minimum atomic E-state index is -4.22. The molecule has 21 heteroatoms. The van der Waals surface area contributed by atoms with Crippen LogP contribution in [0.3, 0.4) is 0 Å². The molecular formula is C48H63N9O11S. The number of ether oxygens (including phenoxy) is 3. The van der Waals surface area contributed by atoms with Gasteiger partial charge < -0.3 is 46.9 Å². The van der Waals surface area contributed by atoms with Gasteiger partial charge in [0.05, 0.1) is 17.0 Å². The lowest BCUT2D eigenvalue weighted by Crippen LogP contribution is -2.57. The van der Waals surface area contributed by atoms with Crippen molar-refractivity contribution in [2.24, 2.45) is 16.5 Å². The molecule has 3 aromatic carbocycles. The second-order valence-electron chi connectivity index (χ2n) is 18.5. The fourth-order valence-corrected chi connectivity index (χ4v) is 9.35. The van der Waals surface area contributed by atoms with Gasteiger partial charge in [-0.05, 0) is 109 Å². The highest BCUT2D eigenvalue weighted by atomic mass is 32.2. The van der Waals surface area contributed by atoms with Crippen molar-refractivity contribution in [3.05, 3.63) is 94.2 Å². The number of hydrogen-bond acceptors (Lipinski definition) is 12. The number of para-hydroxylation sites is 1. The summed E-state index contributed by atoms with van der Waals surface area (Å²) in [6.45, 7) is 14.9. The Balaban J connectivity index is 1.39. The summed E-state index contributed by atoms with van der Waals surface area (Å²) in [5.74, 6) is -2.94. The number of alkyl carbamates (subject to hydrolysis) is 1. The second kappa shape index (κ2) is 21.9. The third-order valence-corrected chi connectivity index (χ3v) is 12.8. The van der Waals surface area contributed by atoms with E-state index in [4.69, 9.17) is 25.7 Å². The van der Waals surface area contributed by atoms with Crippen molar-refractivity contribution in [3.8, 4) is 5.75 Å². The number of carbonyl (C=O) groups is 6. The molecule has 1 aliphatic rings. The van der Waals surface area contributed by atoms with Gasteiger partial charge in [0, 0.05) is 36.5 Å². The van der Waals surface area contributed by atoms with Gasteiger partial charge in [-0.15, -0.1) is 0 Å². The largest absolute Gasteiger partial charge is 0.487 e. The molecule has 1 aromatic heterocycles. The molecule has 20 nitrogen and oxygen atoms in total. The van der Waals surface area contributed by atoms with Gasteiger partial charge in [-0.25, -0.2) is 22.7 Å². The summed E-state index contributed by atoms with van der Waals surface area (Å²) in [5.41, 5.74) is 14.1. The Hall–Kier alpha value is -7.16. The summed E-state index contributed by atoms with van der Waals surface area (Å²) in [7, 11) is -4.22. The highest BCUT2D eigenvalue weighted by Crippen LogP contribution is 2.43. The Labute approximate surface area is 401 Å². The number of hydrogen-bond donors (Lipinski definition) is 7. The van der Waals surface area contributed by atoms with E-state index in [0.29, 0.717) is 50.9 Å². The standard InChI is InChI=1S/C48H63N9O11S/c1-27-28(2)40(29(3)34-23-48(8,9)67-39(27)34)69(64,65)56-44(50)51-21-15-19-35(55-45(62)66-26-31-16-11-10-12-17-31)42(60)54-36(43(61)53-30(4)41(59)52-24-38(49)58)22-32-25-57(46(63)68-47(5,6)7)37-20-14-13-18-33(32)37/h10-14,16-18,20,25,30,35-36H,15,19,21-24,26H2,1-9H3,(H2,49,58)(H,52,59)(H,53,61)(H,54,60)(H,55,62)(H3,50,51,56)/t30-,35-,36-/m0/s1. The van der Waals surface area contributed by atoms with Crippen LogP contribution in [0.15, 0.2) is 70.7 Å². The highest BCUT2D eigenvalue weighted by molar-refractivity contribution is 7.90. The predicted octanol–water partition coefficient (Wildman–Crippen LogP) is 3.57. The molecule has 5 amide bonds. The van der Waals surface area contributed by atoms with Crippen molar-refractivity contribution in [2.45, 2.75) is 129 Å². The minimum absolute atomic E-state index is 0.0687. The lowest BCUT2D eigenvalue weighted by atomic mass is 9.94. The number of sulfonamides is 1. The SMILES string of the molecule is Cc1c(C)c(S(=O)(=O)NC(N)=NCCC[C@H](NC(=O)OCc2ccccc2)C(=O)N[C@@H](Cc2cn(C(=O)OC(C)(C)C)c3ccccc23)C(=O)N[C@@H](C)C(=O)NCC(N)=O)c(C)c2c1OC(C)(C)C2. The Morgan fingerprint density at radius 3 is 2.19 bits per heavy atom. The van der Waals surface area contributed by atoms with Crippen LogP contribution in [0.4, 0.5) is 9.59 Å². The van der Waals surface area contributed by atoms with E-state index >= 15 is 0 Å². The Bertz CT molecular complexity index is 2750. The van der Waals surface area contributed by atoms with E-state index in [1.807, 2.05) is 13.8 Å². The summed E-state index contributed by atoms with van der Waals surface area (Å²) in [6.07, 6.45) is 0.105. The zero-order valence-corrected chi connectivity index (χ0v) is 41.2. The van der Waals surface area contributed by atoms with Gasteiger partial charge in [0.1, 0.15) is 41.7 Å². The second-order valence-corrected chi connectivity index (χ2v) is 20.1. The number of carbonyl (C=O) groups excluding carboxylic acids is 6. The van der Waals surface area contributed by atoms with Crippen molar-refractivity contribution in [2.75, 3.05) is 13.1 Å². The third kappa shape index (κ3) is 14.0. The molecule has 0 aliphatic carbocycles. The van der Waals surface area contributed by atoms with E-state index in [1.54, 1.807) is 96.1 Å². The molecule has 9 N–H and O–H groups in total. The first-order chi connectivity index (χ1) is 32.3. The molecular weight excluding hydrogens is 911 g/mol. The lowest BCUT2D eigenvalue weighted by Gasteiger charge is -2.24. The molecule has 0 saturated heterocycles. The number of rotatable bonds is 18. The average Bonchev–Trinajstić information content (AvgIpc) is 3.81. The van der Waals surface area contributed by atoms with Gasteiger partial charge in [0.2, 0.25) is 29.6 Å². The number of nitrogens with zero attached hydrogens (tertiary/aromatic N) is 2. The van der Waals surface area contributed by atoms with E-state index < -0.39 is 87.7 Å². The van der Waals surface area contributed by atoms with Crippen LogP contribution in [-0.2, 0) is 58.1 Å². The fraction of sp³-hybridized carbons (Fsp3) is 0.438. The number of aliphatic imine (C=N–C) groups is 1. The zero-order chi connectivity index (χ0) is 51.0. The van der Waals surface area contributed by atoms with Gasteiger partial charge in [0.15, 0.2) is 0 Å². The molecule has 0 saturated carbocycles. The van der Waals surface area contributed by atoms with Crippen molar-refractivity contribution in [1.29, 1.82) is 0 Å². The van der Waals surface area contributed by atoms with Crippen LogP contribution in [0.5, 0.6) is 5.75 Å². The van der Waals surface area contributed by atoms with Crippen LogP contribution >= 0.6 is 0 Å². The Kier molecular flexibility index (Phi) is 16.7.